The molecule has 1 aliphatic rings. The van der Waals surface area contributed by atoms with Crippen molar-refractivity contribution in [2.75, 3.05) is 12.0 Å². The Hall–Kier alpha value is -3.15. The molecule has 0 aliphatic heterocycles. The second-order valence-electron chi connectivity index (χ2n) is 8.70. The van der Waals surface area contributed by atoms with E-state index < -0.39 is 0 Å². The first-order chi connectivity index (χ1) is 16.4. The summed E-state index contributed by atoms with van der Waals surface area (Å²) in [5.41, 5.74) is 5.66. The van der Waals surface area contributed by atoms with E-state index in [4.69, 9.17) is 0 Å². The summed E-state index contributed by atoms with van der Waals surface area (Å²) < 4.78 is 15.4. The summed E-state index contributed by atoms with van der Waals surface area (Å²) in [4.78, 5) is 26.9. The fourth-order valence-corrected chi connectivity index (χ4v) is 4.59. The first kappa shape index (κ1) is 25.5. The second kappa shape index (κ2) is 11.3. The molecule has 182 valence electrons. The molecule has 0 unspecified atom stereocenters. The van der Waals surface area contributed by atoms with E-state index in [-0.39, 0.29) is 29.2 Å². The molecule has 1 aromatic heterocycles. The zero-order chi connectivity index (χ0) is 24.8. The molecule has 6 heteroatoms. The predicted molar refractivity (Wildman–Crippen MR) is 137 cm³/mol. The Kier molecular flexibility index (Phi) is 8.48. The van der Waals surface area contributed by atoms with Crippen LogP contribution in [-0.2, 0) is 0 Å². The van der Waals surface area contributed by atoms with Crippen molar-refractivity contribution in [3.8, 4) is 0 Å². The molecule has 1 atom stereocenters. The highest BCUT2D eigenvalue weighted by Crippen LogP contribution is 2.38. The van der Waals surface area contributed by atoms with Gasteiger partial charge >= 0.3 is 0 Å². The molecule has 3 aromatic rings. The summed E-state index contributed by atoms with van der Waals surface area (Å²) in [6.45, 7) is 10.3. The number of nitrogens with zero attached hydrogens (tertiary/aromatic N) is 1. The molecule has 2 aromatic carbocycles. The van der Waals surface area contributed by atoms with Crippen LogP contribution in [-0.4, -0.2) is 17.1 Å². The zero-order valence-corrected chi connectivity index (χ0v) is 20.9. The minimum absolute atomic E-state index is 0.152. The molecule has 0 bridgehead atoms. The minimum Gasteiger partial charge on any atom is -0.345 e. The normalized spacial score (nSPS) is 14.1. The van der Waals surface area contributed by atoms with E-state index in [0.717, 1.165) is 36.8 Å². The van der Waals surface area contributed by atoms with Crippen molar-refractivity contribution in [2.45, 2.75) is 66.3 Å². The van der Waals surface area contributed by atoms with E-state index in [1.165, 1.54) is 16.8 Å². The Labute approximate surface area is 201 Å². The summed E-state index contributed by atoms with van der Waals surface area (Å²) >= 11 is 0. The van der Waals surface area contributed by atoms with Crippen LogP contribution >= 0.6 is 0 Å². The van der Waals surface area contributed by atoms with Crippen molar-refractivity contribution in [2.24, 2.45) is 5.92 Å². The molecule has 0 spiro atoms. The van der Waals surface area contributed by atoms with Crippen molar-refractivity contribution >= 4 is 16.7 Å². The number of halogens is 1. The van der Waals surface area contributed by atoms with Crippen molar-refractivity contribution in [1.82, 2.24) is 9.99 Å². The minimum atomic E-state index is -0.310. The van der Waals surface area contributed by atoms with Gasteiger partial charge in [-0.1, -0.05) is 57.5 Å². The third-order valence-electron chi connectivity index (χ3n) is 6.52. The highest BCUT2D eigenvalue weighted by Gasteiger charge is 2.31. The second-order valence-corrected chi connectivity index (χ2v) is 8.70. The molecule has 5 nitrogen and oxygen atoms in total. The Morgan fingerprint density at radius 3 is 2.47 bits per heavy atom. The number of hydrogen-bond donors (Lipinski definition) is 2. The first-order valence-corrected chi connectivity index (χ1v) is 12.4. The maximum atomic E-state index is 13.9. The quantitative estimate of drug-likeness (QED) is 0.449. The summed E-state index contributed by atoms with van der Waals surface area (Å²) in [5, 5.41) is 4.37. The molecule has 4 rings (SSSR count). The number of hydrogen-bond acceptors (Lipinski definition) is 3. The molecule has 1 heterocycles. The van der Waals surface area contributed by atoms with E-state index in [2.05, 4.69) is 10.7 Å². The molecule has 1 aliphatic carbocycles. The lowest BCUT2D eigenvalue weighted by atomic mass is 9.77. The fraction of sp³-hybridized carbons (Fsp3) is 0.429. The smallest absolute Gasteiger partial charge is 0.277 e. The van der Waals surface area contributed by atoms with E-state index in [1.54, 1.807) is 13.0 Å². The lowest BCUT2D eigenvalue weighted by Gasteiger charge is -2.35. The number of carbonyl (C=O) groups excluding carboxylic acids is 1. The van der Waals surface area contributed by atoms with Gasteiger partial charge in [0.25, 0.3) is 11.5 Å². The number of amides is 1. The van der Waals surface area contributed by atoms with Crippen LogP contribution in [0.5, 0.6) is 0 Å². The lowest BCUT2D eigenvalue weighted by molar-refractivity contribution is 0.0900. The van der Waals surface area contributed by atoms with Crippen molar-refractivity contribution in [1.29, 1.82) is 0 Å². The van der Waals surface area contributed by atoms with Crippen LogP contribution in [0.25, 0.3) is 10.8 Å². The average molecular weight is 466 g/mol. The molecule has 34 heavy (non-hydrogen) atoms. The van der Waals surface area contributed by atoms with E-state index in [0.29, 0.717) is 28.6 Å². The van der Waals surface area contributed by atoms with Crippen LogP contribution in [0.1, 0.15) is 79.7 Å². The van der Waals surface area contributed by atoms with Gasteiger partial charge in [-0.3, -0.25) is 9.59 Å². The zero-order valence-electron chi connectivity index (χ0n) is 20.9. The number of benzene rings is 2. The van der Waals surface area contributed by atoms with Gasteiger partial charge in [0.05, 0.1) is 22.7 Å². The highest BCUT2D eigenvalue weighted by atomic mass is 19.1. The van der Waals surface area contributed by atoms with E-state index in [9.17, 15) is 14.0 Å². The Morgan fingerprint density at radius 1 is 1.15 bits per heavy atom. The molecule has 0 saturated heterocycles. The maximum absolute atomic E-state index is 13.9. The third kappa shape index (κ3) is 5.01. The molecule has 2 N–H and O–H groups in total. The molecule has 1 amide bonds. The Morgan fingerprint density at radius 2 is 1.85 bits per heavy atom. The number of aryl methyl sites for hydroxylation is 1. The van der Waals surface area contributed by atoms with E-state index >= 15 is 0 Å². The fourth-order valence-electron chi connectivity index (χ4n) is 4.59. The third-order valence-corrected chi connectivity index (χ3v) is 6.52. The monoisotopic (exact) mass is 465 g/mol. The lowest BCUT2D eigenvalue weighted by Crippen LogP contribution is -2.39. The van der Waals surface area contributed by atoms with Crippen LogP contribution in [0.3, 0.4) is 0 Å². The van der Waals surface area contributed by atoms with Gasteiger partial charge in [-0.15, -0.1) is 0 Å². The molecule has 0 radical (unpaired) electrons. The van der Waals surface area contributed by atoms with Crippen molar-refractivity contribution in [3.05, 3.63) is 81.0 Å². The van der Waals surface area contributed by atoms with Gasteiger partial charge in [0.2, 0.25) is 0 Å². The van der Waals surface area contributed by atoms with Crippen LogP contribution in [0.4, 0.5) is 4.39 Å². The predicted octanol–water partition coefficient (Wildman–Crippen LogP) is 6.01. The summed E-state index contributed by atoms with van der Waals surface area (Å²) in [7, 11) is 0. The highest BCUT2D eigenvalue weighted by molar-refractivity contribution is 6.08. The van der Waals surface area contributed by atoms with Gasteiger partial charge in [-0.05, 0) is 62.3 Å². The largest absolute Gasteiger partial charge is 0.345 e. The molecule has 1 saturated carbocycles. The summed E-state index contributed by atoms with van der Waals surface area (Å²) in [6.07, 6.45) is 3.96. The van der Waals surface area contributed by atoms with Crippen molar-refractivity contribution < 1.29 is 9.18 Å². The van der Waals surface area contributed by atoms with Gasteiger partial charge in [0.1, 0.15) is 5.82 Å². The first-order valence-electron chi connectivity index (χ1n) is 12.4. The standard InChI is InChI=1S/C26H30FN3O2.C2H6/c1-4-14-28-30-17(3)23(21-13-5-8-16(2)22(21)26(30)32)25(31)29-24(18-9-6-10-18)19-11-7-12-20(27)15-19;1-2/h5,7-8,11-13,15,18,24,28H,4,6,9-10,14H2,1-3H3,(H,29,31);1-2H3/t24-;/m0./s1. The van der Waals surface area contributed by atoms with Crippen LogP contribution in [0.2, 0.25) is 0 Å². The number of fused-ring (bicyclic) bond motifs is 1. The summed E-state index contributed by atoms with van der Waals surface area (Å²) in [6, 6.07) is 11.8. The van der Waals surface area contributed by atoms with Gasteiger partial charge in [0.15, 0.2) is 0 Å². The van der Waals surface area contributed by atoms with Gasteiger partial charge in [0, 0.05) is 11.9 Å². The number of pyridine rings is 1. The Balaban J connectivity index is 0.00000158. The topological polar surface area (TPSA) is 63.1 Å². The van der Waals surface area contributed by atoms with Crippen LogP contribution in [0, 0.1) is 25.6 Å². The van der Waals surface area contributed by atoms with Crippen LogP contribution < -0.4 is 16.3 Å². The average Bonchev–Trinajstić information content (AvgIpc) is 2.78. The maximum Gasteiger partial charge on any atom is 0.277 e. The van der Waals surface area contributed by atoms with Crippen LogP contribution in [0.15, 0.2) is 47.3 Å². The molecule has 1 fully saturated rings. The number of aromatic nitrogens is 1. The van der Waals surface area contributed by atoms with Gasteiger partial charge in [-0.25, -0.2) is 9.07 Å². The molecular formula is C28H36FN3O2. The van der Waals surface area contributed by atoms with Crippen molar-refractivity contribution in [3.63, 3.8) is 0 Å². The SMILES string of the molecule is CC.CCCNn1c(C)c(C(=O)N[C@H](c2cccc(F)c2)C2CCC2)c2cccc(C)c2c1=O. The van der Waals surface area contributed by atoms with E-state index in [1.807, 2.05) is 52.0 Å². The number of carbonyl (C=O) groups is 1. The number of nitrogens with one attached hydrogen (secondary N) is 2. The number of rotatable bonds is 7. The van der Waals surface area contributed by atoms with Gasteiger partial charge in [-0.2, -0.15) is 0 Å². The summed E-state index contributed by atoms with van der Waals surface area (Å²) in [5.74, 6) is -0.278. The Bertz CT molecular complexity index is 1210. The molecular weight excluding hydrogens is 429 g/mol. The van der Waals surface area contributed by atoms with Gasteiger partial charge < -0.3 is 10.7 Å².